The molecule has 2 N–H and O–H groups in total. The van der Waals surface area contributed by atoms with E-state index >= 15 is 0 Å². The van der Waals surface area contributed by atoms with Crippen LogP contribution in [-0.4, -0.2) is 25.5 Å². The van der Waals surface area contributed by atoms with Crippen molar-refractivity contribution in [1.29, 1.82) is 0 Å². The molecule has 94 valence electrons. The Labute approximate surface area is 101 Å². The van der Waals surface area contributed by atoms with E-state index in [0.29, 0.717) is 5.56 Å². The van der Waals surface area contributed by atoms with Gasteiger partial charge in [0.15, 0.2) is 0 Å². The number of carboxylic acids is 1. The number of carbonyl (C=O) groups is 1. The number of rotatable bonds is 4. The molecule has 0 amide bonds. The molecule has 0 saturated heterocycles. The number of aryl methyl sites for hydroxylation is 2. The van der Waals surface area contributed by atoms with Gasteiger partial charge in [-0.1, -0.05) is 17.7 Å². The van der Waals surface area contributed by atoms with Crippen molar-refractivity contribution in [1.82, 2.24) is 4.72 Å². The van der Waals surface area contributed by atoms with Crippen molar-refractivity contribution in [2.24, 2.45) is 0 Å². The number of nitrogens with one attached hydrogen (secondary N) is 1. The molecule has 1 rings (SSSR count). The van der Waals surface area contributed by atoms with Crippen LogP contribution in [-0.2, 0) is 14.8 Å². The molecular formula is C11H15NO4S. The van der Waals surface area contributed by atoms with Crippen LogP contribution in [0.4, 0.5) is 0 Å². The minimum Gasteiger partial charge on any atom is -0.480 e. The van der Waals surface area contributed by atoms with Crippen molar-refractivity contribution in [3.63, 3.8) is 0 Å². The number of carboxylic acid groups (broad SMARTS) is 1. The molecule has 1 aromatic rings. The first kappa shape index (κ1) is 13.7. The summed E-state index contributed by atoms with van der Waals surface area (Å²) in [4.78, 5) is 10.7. The van der Waals surface area contributed by atoms with Gasteiger partial charge in [0.1, 0.15) is 6.04 Å². The van der Waals surface area contributed by atoms with Gasteiger partial charge in [-0.25, -0.2) is 8.42 Å². The lowest BCUT2D eigenvalue weighted by Crippen LogP contribution is -2.38. The van der Waals surface area contributed by atoms with Gasteiger partial charge in [-0.3, -0.25) is 4.79 Å². The van der Waals surface area contributed by atoms with E-state index in [1.165, 1.54) is 13.0 Å². The predicted octanol–water partition coefficient (Wildman–Crippen LogP) is 1.05. The highest BCUT2D eigenvalue weighted by molar-refractivity contribution is 7.89. The van der Waals surface area contributed by atoms with Crippen LogP contribution in [0.5, 0.6) is 0 Å². The number of aliphatic carboxylic acids is 1. The van der Waals surface area contributed by atoms with Gasteiger partial charge < -0.3 is 5.11 Å². The molecule has 0 heterocycles. The minimum absolute atomic E-state index is 0.108. The fourth-order valence-corrected chi connectivity index (χ4v) is 2.87. The zero-order chi connectivity index (χ0) is 13.2. The molecule has 5 nitrogen and oxygen atoms in total. The van der Waals surface area contributed by atoms with Crippen molar-refractivity contribution in [2.45, 2.75) is 31.7 Å². The molecule has 0 spiro atoms. The Morgan fingerprint density at radius 2 is 1.94 bits per heavy atom. The van der Waals surface area contributed by atoms with Gasteiger partial charge in [-0.05, 0) is 32.4 Å². The van der Waals surface area contributed by atoms with Crippen LogP contribution in [0.15, 0.2) is 23.1 Å². The maximum atomic E-state index is 11.9. The lowest BCUT2D eigenvalue weighted by molar-refractivity contribution is -0.138. The third-order valence-electron chi connectivity index (χ3n) is 2.32. The summed E-state index contributed by atoms with van der Waals surface area (Å²) in [6, 6.07) is 3.73. The van der Waals surface area contributed by atoms with E-state index in [1.807, 2.05) is 6.92 Å². The van der Waals surface area contributed by atoms with Gasteiger partial charge in [0.2, 0.25) is 10.0 Å². The predicted molar refractivity (Wildman–Crippen MR) is 63.3 cm³/mol. The van der Waals surface area contributed by atoms with Gasteiger partial charge in [-0.15, -0.1) is 0 Å². The highest BCUT2D eigenvalue weighted by atomic mass is 32.2. The van der Waals surface area contributed by atoms with Crippen LogP contribution < -0.4 is 4.72 Å². The summed E-state index contributed by atoms with van der Waals surface area (Å²) in [5.41, 5.74) is 1.54. The second-order valence-corrected chi connectivity index (χ2v) is 5.63. The van der Waals surface area contributed by atoms with Gasteiger partial charge in [0.05, 0.1) is 4.90 Å². The Morgan fingerprint density at radius 3 is 2.41 bits per heavy atom. The zero-order valence-corrected chi connectivity index (χ0v) is 10.7. The zero-order valence-electron chi connectivity index (χ0n) is 9.89. The van der Waals surface area contributed by atoms with E-state index < -0.39 is 22.0 Å². The second-order valence-electron chi connectivity index (χ2n) is 3.95. The first-order valence-corrected chi connectivity index (χ1v) is 6.55. The first-order valence-electron chi connectivity index (χ1n) is 5.06. The van der Waals surface area contributed by atoms with Crippen molar-refractivity contribution < 1.29 is 18.3 Å². The largest absolute Gasteiger partial charge is 0.480 e. The van der Waals surface area contributed by atoms with E-state index in [0.717, 1.165) is 5.56 Å². The molecule has 1 atom stereocenters. The van der Waals surface area contributed by atoms with Crippen molar-refractivity contribution in [2.75, 3.05) is 0 Å². The molecule has 0 radical (unpaired) electrons. The average Bonchev–Trinajstić information content (AvgIpc) is 2.15. The molecule has 17 heavy (non-hydrogen) atoms. The Morgan fingerprint density at radius 1 is 1.35 bits per heavy atom. The molecule has 0 saturated carbocycles. The average molecular weight is 257 g/mol. The second kappa shape index (κ2) is 4.85. The molecule has 6 heteroatoms. The highest BCUT2D eigenvalue weighted by Gasteiger charge is 2.22. The van der Waals surface area contributed by atoms with Crippen LogP contribution in [0, 0.1) is 13.8 Å². The minimum atomic E-state index is -3.78. The summed E-state index contributed by atoms with van der Waals surface area (Å²) >= 11 is 0. The maximum absolute atomic E-state index is 11.9. The van der Waals surface area contributed by atoms with Crippen LogP contribution in [0.1, 0.15) is 18.1 Å². The Bertz CT molecular complexity index is 536. The van der Waals surface area contributed by atoms with Crippen LogP contribution in [0.3, 0.4) is 0 Å². The molecule has 0 fully saturated rings. The van der Waals surface area contributed by atoms with Crippen LogP contribution in [0.25, 0.3) is 0 Å². The Hall–Kier alpha value is -1.40. The summed E-state index contributed by atoms with van der Waals surface area (Å²) in [6.45, 7) is 4.81. The molecule has 1 aromatic carbocycles. The molecule has 0 aliphatic heterocycles. The lowest BCUT2D eigenvalue weighted by atomic mass is 10.2. The topological polar surface area (TPSA) is 83.5 Å². The molecular weight excluding hydrogens is 242 g/mol. The van der Waals surface area contributed by atoms with E-state index in [4.69, 9.17) is 5.11 Å². The summed E-state index contributed by atoms with van der Waals surface area (Å²) in [5.74, 6) is -1.21. The van der Waals surface area contributed by atoms with Crippen molar-refractivity contribution in [3.8, 4) is 0 Å². The molecule has 1 unspecified atom stereocenters. The van der Waals surface area contributed by atoms with Gasteiger partial charge >= 0.3 is 5.97 Å². The number of sulfonamides is 1. The number of benzene rings is 1. The molecule has 0 aliphatic rings. The third kappa shape index (κ3) is 3.28. The Balaban J connectivity index is 3.10. The van der Waals surface area contributed by atoms with Gasteiger partial charge in [0.25, 0.3) is 0 Å². The smallest absolute Gasteiger partial charge is 0.321 e. The summed E-state index contributed by atoms with van der Waals surface area (Å²) in [6.07, 6.45) is 0. The normalized spacial score (nSPS) is 13.4. The summed E-state index contributed by atoms with van der Waals surface area (Å²) in [7, 11) is -3.78. The Kier molecular flexibility index (Phi) is 3.90. The summed E-state index contributed by atoms with van der Waals surface area (Å²) < 4.78 is 25.9. The van der Waals surface area contributed by atoms with Crippen molar-refractivity contribution >= 4 is 16.0 Å². The molecule has 0 bridgehead atoms. The fraction of sp³-hybridized carbons (Fsp3) is 0.364. The highest BCUT2D eigenvalue weighted by Crippen LogP contribution is 2.16. The SMILES string of the molecule is Cc1ccc(S(=O)(=O)NC(C)C(=O)O)c(C)c1. The van der Waals surface area contributed by atoms with Crippen LogP contribution in [0.2, 0.25) is 0 Å². The van der Waals surface area contributed by atoms with E-state index in [9.17, 15) is 13.2 Å². The van der Waals surface area contributed by atoms with E-state index in [-0.39, 0.29) is 4.90 Å². The standard InChI is InChI=1S/C11H15NO4S/c1-7-4-5-10(8(2)6-7)17(15,16)12-9(3)11(13)14/h4-6,9,12H,1-3H3,(H,13,14). The van der Waals surface area contributed by atoms with E-state index in [1.54, 1.807) is 19.1 Å². The van der Waals surface area contributed by atoms with Crippen molar-refractivity contribution in [3.05, 3.63) is 29.3 Å². The third-order valence-corrected chi connectivity index (χ3v) is 4.02. The van der Waals surface area contributed by atoms with E-state index in [2.05, 4.69) is 4.72 Å². The van der Waals surface area contributed by atoms with Crippen LogP contribution >= 0.6 is 0 Å². The lowest BCUT2D eigenvalue weighted by Gasteiger charge is -2.12. The molecule has 0 aliphatic carbocycles. The fourth-order valence-electron chi connectivity index (χ4n) is 1.45. The maximum Gasteiger partial charge on any atom is 0.321 e. The quantitative estimate of drug-likeness (QED) is 0.844. The molecule has 0 aromatic heterocycles. The number of hydrogen-bond donors (Lipinski definition) is 2. The van der Waals surface area contributed by atoms with Gasteiger partial charge in [-0.2, -0.15) is 4.72 Å². The monoisotopic (exact) mass is 257 g/mol. The summed E-state index contributed by atoms with van der Waals surface area (Å²) in [5, 5.41) is 8.68. The number of hydrogen-bond acceptors (Lipinski definition) is 3. The van der Waals surface area contributed by atoms with Gasteiger partial charge in [0, 0.05) is 0 Å². The first-order chi connectivity index (χ1) is 7.74.